The minimum atomic E-state index is -1.09. The molecule has 0 radical (unpaired) electrons. The van der Waals surface area contributed by atoms with Crippen LogP contribution in [0.3, 0.4) is 0 Å². The molecule has 2 atom stereocenters. The lowest BCUT2D eigenvalue weighted by molar-refractivity contribution is -0.137. The number of aliphatic carboxylic acids is 1. The molecule has 0 aromatic carbocycles. The summed E-state index contributed by atoms with van der Waals surface area (Å²) in [6.45, 7) is 5.38. The standard InChI is InChI=1S/C28H55N3O6S/c1-3-5-7-9-11-13-15-17-19-30-27(34)36-21-24(22-38-23-25(29)26(32)33)37-28(35)31-20-18-16-14-12-10-8-6-4-2/h24-25H,3-23,29H2,1-2H3,(H,30,34)(H,31,35)(H,32,33)/t24-,25+/m1/s1. The van der Waals surface area contributed by atoms with E-state index in [1.54, 1.807) is 0 Å². The maximum Gasteiger partial charge on any atom is 0.407 e. The third-order valence-corrected chi connectivity index (χ3v) is 7.39. The molecule has 0 saturated carbocycles. The molecule has 5 N–H and O–H groups in total. The van der Waals surface area contributed by atoms with Crippen molar-refractivity contribution in [1.29, 1.82) is 0 Å². The van der Waals surface area contributed by atoms with Crippen molar-refractivity contribution >= 4 is 29.9 Å². The van der Waals surface area contributed by atoms with E-state index in [-0.39, 0.29) is 18.1 Å². The van der Waals surface area contributed by atoms with Crippen LogP contribution in [0.2, 0.25) is 0 Å². The van der Waals surface area contributed by atoms with E-state index in [0.717, 1.165) is 32.1 Å². The monoisotopic (exact) mass is 561 g/mol. The van der Waals surface area contributed by atoms with Gasteiger partial charge in [0.1, 0.15) is 18.8 Å². The second kappa shape index (κ2) is 26.9. The van der Waals surface area contributed by atoms with Crippen LogP contribution in [0.25, 0.3) is 0 Å². The number of thioether (sulfide) groups is 1. The van der Waals surface area contributed by atoms with Crippen LogP contribution in [0.4, 0.5) is 9.59 Å². The van der Waals surface area contributed by atoms with Gasteiger partial charge in [0.05, 0.1) is 0 Å². The number of amides is 2. The number of rotatable bonds is 26. The Morgan fingerprint density at radius 2 is 1.16 bits per heavy atom. The molecule has 0 heterocycles. The van der Waals surface area contributed by atoms with Gasteiger partial charge in [-0.3, -0.25) is 4.79 Å². The Morgan fingerprint density at radius 1 is 0.711 bits per heavy atom. The third kappa shape index (κ3) is 24.6. The van der Waals surface area contributed by atoms with Gasteiger partial charge in [0, 0.05) is 24.6 Å². The molecule has 9 nitrogen and oxygen atoms in total. The summed E-state index contributed by atoms with van der Waals surface area (Å²) >= 11 is 1.25. The van der Waals surface area contributed by atoms with Crippen LogP contribution in [0.5, 0.6) is 0 Å². The number of nitrogens with two attached hydrogens (primary N) is 1. The zero-order valence-electron chi connectivity index (χ0n) is 24.0. The molecule has 0 rings (SSSR count). The maximum atomic E-state index is 12.2. The second-order valence-electron chi connectivity index (χ2n) is 9.91. The van der Waals surface area contributed by atoms with Crippen LogP contribution in [0.1, 0.15) is 117 Å². The first-order valence-corrected chi connectivity index (χ1v) is 16.0. The average molecular weight is 562 g/mol. The highest BCUT2D eigenvalue weighted by Gasteiger charge is 2.19. The smallest absolute Gasteiger partial charge is 0.407 e. The average Bonchev–Trinajstić information content (AvgIpc) is 2.89. The highest BCUT2D eigenvalue weighted by molar-refractivity contribution is 7.99. The van der Waals surface area contributed by atoms with E-state index in [1.165, 1.54) is 82.4 Å². The summed E-state index contributed by atoms with van der Waals surface area (Å²) in [6.07, 6.45) is 17.1. The zero-order valence-corrected chi connectivity index (χ0v) is 24.8. The Labute approximate surface area is 235 Å². The first-order chi connectivity index (χ1) is 18.4. The molecule has 0 unspecified atom stereocenters. The van der Waals surface area contributed by atoms with Crippen molar-refractivity contribution in [2.45, 2.75) is 129 Å². The van der Waals surface area contributed by atoms with E-state index < -0.39 is 30.3 Å². The highest BCUT2D eigenvalue weighted by atomic mass is 32.2. The van der Waals surface area contributed by atoms with Crippen LogP contribution in [0.15, 0.2) is 0 Å². The van der Waals surface area contributed by atoms with Gasteiger partial charge in [-0.25, -0.2) is 9.59 Å². The molecule has 224 valence electrons. The largest absolute Gasteiger partial charge is 0.480 e. The van der Waals surface area contributed by atoms with E-state index in [4.69, 9.17) is 20.3 Å². The molecular weight excluding hydrogens is 506 g/mol. The van der Waals surface area contributed by atoms with Crippen molar-refractivity contribution in [3.63, 3.8) is 0 Å². The Balaban J connectivity index is 4.20. The number of unbranched alkanes of at least 4 members (excludes halogenated alkanes) is 14. The van der Waals surface area contributed by atoms with Gasteiger partial charge in [0.25, 0.3) is 0 Å². The summed E-state index contributed by atoms with van der Waals surface area (Å²) in [4.78, 5) is 35.3. The molecule has 0 saturated heterocycles. The molecule has 0 spiro atoms. The number of carboxylic acids is 1. The van der Waals surface area contributed by atoms with Crippen LogP contribution in [-0.4, -0.2) is 66.6 Å². The van der Waals surface area contributed by atoms with Crippen LogP contribution < -0.4 is 16.4 Å². The minimum absolute atomic E-state index is 0.107. The highest BCUT2D eigenvalue weighted by Crippen LogP contribution is 2.11. The Morgan fingerprint density at radius 3 is 1.63 bits per heavy atom. The topological polar surface area (TPSA) is 140 Å². The fraction of sp³-hybridized carbons (Fsp3) is 0.893. The van der Waals surface area contributed by atoms with Crippen molar-refractivity contribution in [2.75, 3.05) is 31.2 Å². The van der Waals surface area contributed by atoms with E-state index in [0.29, 0.717) is 13.1 Å². The third-order valence-electron chi connectivity index (χ3n) is 6.19. The first-order valence-electron chi connectivity index (χ1n) is 14.8. The molecule has 0 fully saturated rings. The predicted molar refractivity (Wildman–Crippen MR) is 156 cm³/mol. The molecule has 0 aromatic heterocycles. The molecule has 0 aliphatic carbocycles. The Kier molecular flexibility index (Phi) is 25.7. The van der Waals surface area contributed by atoms with Crippen molar-refractivity contribution in [1.82, 2.24) is 10.6 Å². The number of hydrogen-bond donors (Lipinski definition) is 4. The molecule has 0 bridgehead atoms. The quantitative estimate of drug-likeness (QED) is 0.0911. The van der Waals surface area contributed by atoms with E-state index in [9.17, 15) is 14.4 Å². The SMILES string of the molecule is CCCCCCCCCCNC(=O)OC[C@H](CSC[C@H](N)C(=O)O)OC(=O)NCCCCCCCCCC. The molecule has 38 heavy (non-hydrogen) atoms. The van der Waals surface area contributed by atoms with Gasteiger partial charge in [0.2, 0.25) is 0 Å². The lowest BCUT2D eigenvalue weighted by Crippen LogP contribution is -2.37. The van der Waals surface area contributed by atoms with E-state index in [2.05, 4.69) is 24.5 Å². The summed E-state index contributed by atoms with van der Waals surface area (Å²) in [5, 5.41) is 14.4. The van der Waals surface area contributed by atoms with E-state index in [1.807, 2.05) is 0 Å². The fourth-order valence-corrected chi connectivity index (χ4v) is 4.79. The summed E-state index contributed by atoms with van der Waals surface area (Å²) < 4.78 is 10.7. The molecule has 2 amide bonds. The van der Waals surface area contributed by atoms with Gasteiger partial charge in [-0.2, -0.15) is 11.8 Å². The Hall–Kier alpha value is -1.68. The van der Waals surface area contributed by atoms with Crippen LogP contribution in [-0.2, 0) is 14.3 Å². The summed E-state index contributed by atoms with van der Waals surface area (Å²) in [7, 11) is 0. The van der Waals surface area contributed by atoms with Crippen molar-refractivity contribution in [3.05, 3.63) is 0 Å². The minimum Gasteiger partial charge on any atom is -0.480 e. The summed E-state index contributed by atoms with van der Waals surface area (Å²) in [5.74, 6) is -0.647. The molecule has 0 aliphatic heterocycles. The van der Waals surface area contributed by atoms with E-state index >= 15 is 0 Å². The molecule has 0 aromatic rings. The number of carbonyl (C=O) groups is 3. The molecular formula is C28H55N3O6S. The van der Waals surface area contributed by atoms with Crippen molar-refractivity contribution in [3.8, 4) is 0 Å². The summed E-state index contributed by atoms with van der Waals surface area (Å²) in [5.41, 5.74) is 5.55. The van der Waals surface area contributed by atoms with Gasteiger partial charge in [-0.1, -0.05) is 104 Å². The Bertz CT molecular complexity index is 597. The maximum absolute atomic E-state index is 12.2. The predicted octanol–water partition coefficient (Wildman–Crippen LogP) is 6.23. The number of carboxylic acid groups (broad SMARTS) is 1. The van der Waals surface area contributed by atoms with Crippen molar-refractivity contribution in [2.24, 2.45) is 5.73 Å². The van der Waals surface area contributed by atoms with Gasteiger partial charge < -0.3 is 30.9 Å². The number of carbonyl (C=O) groups excluding carboxylic acids is 2. The second-order valence-corrected chi connectivity index (χ2v) is 11.0. The number of alkyl carbamates (subject to hydrolysis) is 2. The normalized spacial score (nSPS) is 12.5. The lowest BCUT2D eigenvalue weighted by atomic mass is 10.1. The van der Waals surface area contributed by atoms with Crippen LogP contribution in [0, 0.1) is 0 Å². The number of nitrogens with one attached hydrogen (secondary N) is 2. The number of hydrogen-bond acceptors (Lipinski definition) is 7. The first kappa shape index (κ1) is 36.3. The number of ether oxygens (including phenoxy) is 2. The van der Waals surface area contributed by atoms with Gasteiger partial charge in [0.15, 0.2) is 0 Å². The molecule has 10 heteroatoms. The van der Waals surface area contributed by atoms with Crippen LogP contribution >= 0.6 is 11.8 Å². The van der Waals surface area contributed by atoms with Gasteiger partial charge >= 0.3 is 18.2 Å². The lowest BCUT2D eigenvalue weighted by Gasteiger charge is -2.19. The van der Waals surface area contributed by atoms with Crippen molar-refractivity contribution < 1.29 is 29.0 Å². The van der Waals surface area contributed by atoms with Gasteiger partial charge in [-0.15, -0.1) is 0 Å². The zero-order chi connectivity index (χ0) is 28.3. The fourth-order valence-electron chi connectivity index (χ4n) is 3.83. The molecule has 0 aliphatic rings. The van der Waals surface area contributed by atoms with Gasteiger partial charge in [-0.05, 0) is 12.8 Å². The summed E-state index contributed by atoms with van der Waals surface area (Å²) in [6, 6.07) is -1.01.